The molecular weight excluding hydrogens is 449 g/mol. The Kier molecular flexibility index (Phi) is 6.44. The van der Waals surface area contributed by atoms with Crippen LogP contribution in [0.2, 0.25) is 10.0 Å². The first-order valence-corrected chi connectivity index (χ1v) is 10.6. The molecule has 0 aromatic heterocycles. The Bertz CT molecular complexity index is 1160. The number of halogens is 2. The minimum atomic E-state index is -0.824. The van der Waals surface area contributed by atoms with E-state index >= 15 is 0 Å². The summed E-state index contributed by atoms with van der Waals surface area (Å²) in [6.07, 6.45) is 1.80. The number of ether oxygens (including phenoxy) is 1. The van der Waals surface area contributed by atoms with Crippen molar-refractivity contribution in [3.05, 3.63) is 99.5 Å². The van der Waals surface area contributed by atoms with E-state index in [0.29, 0.717) is 21.4 Å². The molecule has 162 valence electrons. The molecule has 3 aromatic rings. The minimum absolute atomic E-state index is 0.321. The molecule has 3 aromatic carbocycles. The van der Waals surface area contributed by atoms with Crippen LogP contribution in [-0.2, 0) is 4.79 Å². The van der Waals surface area contributed by atoms with Gasteiger partial charge in [0.1, 0.15) is 5.75 Å². The third-order valence-corrected chi connectivity index (χ3v) is 5.65. The molecule has 32 heavy (non-hydrogen) atoms. The predicted molar refractivity (Wildman–Crippen MR) is 123 cm³/mol. The van der Waals surface area contributed by atoms with E-state index in [1.54, 1.807) is 54.4 Å². The predicted octanol–water partition coefficient (Wildman–Crippen LogP) is 4.02. The van der Waals surface area contributed by atoms with E-state index in [0.717, 1.165) is 11.1 Å². The van der Waals surface area contributed by atoms with E-state index in [2.05, 4.69) is 10.7 Å². The van der Waals surface area contributed by atoms with Gasteiger partial charge < -0.3 is 10.1 Å². The van der Waals surface area contributed by atoms with E-state index in [-0.39, 0.29) is 11.8 Å². The molecule has 0 saturated carbocycles. The number of amides is 2. The highest BCUT2D eigenvalue weighted by atomic mass is 35.5. The summed E-state index contributed by atoms with van der Waals surface area (Å²) in [7, 11) is 1.59. The van der Waals surface area contributed by atoms with Crippen LogP contribution >= 0.6 is 23.2 Å². The third kappa shape index (κ3) is 4.77. The number of carbonyl (C=O) groups excluding carboxylic acids is 2. The van der Waals surface area contributed by atoms with Gasteiger partial charge in [-0.25, -0.2) is 0 Å². The second-order valence-corrected chi connectivity index (χ2v) is 8.11. The van der Waals surface area contributed by atoms with Gasteiger partial charge in [-0.05, 0) is 72.8 Å². The van der Waals surface area contributed by atoms with Crippen molar-refractivity contribution in [1.82, 2.24) is 10.7 Å². The summed E-state index contributed by atoms with van der Waals surface area (Å²) in [6, 6.07) is 19.8. The van der Waals surface area contributed by atoms with E-state index in [4.69, 9.17) is 27.9 Å². The first-order chi connectivity index (χ1) is 15.4. The molecule has 1 aliphatic heterocycles. The summed E-state index contributed by atoms with van der Waals surface area (Å²) in [5, 5.41) is 4.00. The standard InChI is InChI=1S/C24H19Cl2N3O3/c1-32-20-12-6-16(7-13-20)22-21(27-23(30)17-4-10-19(26)11-5-17)24(31)28-29(22)14-15-2-8-18(25)9-3-15/h2-14,21-22H,1H3,(H-,27,28,30,31)/p+1/b29-14-/t21-,22+/m0/s1. The topological polar surface area (TPSA) is 70.4 Å². The Morgan fingerprint density at radius 2 is 1.56 bits per heavy atom. The highest BCUT2D eigenvalue weighted by molar-refractivity contribution is 6.31. The first-order valence-electron chi connectivity index (χ1n) is 9.84. The highest BCUT2D eigenvalue weighted by Gasteiger charge is 2.47. The Balaban J connectivity index is 1.69. The normalized spacial score (nSPS) is 19.0. The Morgan fingerprint density at radius 3 is 2.16 bits per heavy atom. The molecule has 2 atom stereocenters. The van der Waals surface area contributed by atoms with Crippen molar-refractivity contribution in [2.75, 3.05) is 7.11 Å². The molecule has 1 saturated heterocycles. The summed E-state index contributed by atoms with van der Waals surface area (Å²) in [4.78, 5) is 25.7. The molecule has 1 aliphatic rings. The number of hydrogen-bond donors (Lipinski definition) is 2. The van der Waals surface area contributed by atoms with Gasteiger partial charge in [0.05, 0.1) is 7.11 Å². The fourth-order valence-electron chi connectivity index (χ4n) is 3.52. The van der Waals surface area contributed by atoms with Crippen molar-refractivity contribution < 1.29 is 19.0 Å². The summed E-state index contributed by atoms with van der Waals surface area (Å²) in [6.45, 7) is 0. The van der Waals surface area contributed by atoms with Crippen molar-refractivity contribution in [1.29, 1.82) is 0 Å². The smallest absolute Gasteiger partial charge is 0.304 e. The number of nitrogens with one attached hydrogen (secondary N) is 2. The second kappa shape index (κ2) is 9.42. The number of hydrazone groups is 1. The van der Waals surface area contributed by atoms with Gasteiger partial charge in [0.25, 0.3) is 5.91 Å². The molecule has 1 fully saturated rings. The van der Waals surface area contributed by atoms with Crippen molar-refractivity contribution in [3.63, 3.8) is 0 Å². The molecule has 0 unspecified atom stereocenters. The average Bonchev–Trinajstić information content (AvgIpc) is 3.10. The number of nitrogens with zero attached hydrogens (tertiary/aromatic N) is 1. The van der Waals surface area contributed by atoms with Gasteiger partial charge in [-0.15, -0.1) is 10.1 Å². The van der Waals surface area contributed by atoms with Crippen molar-refractivity contribution in [3.8, 4) is 5.75 Å². The minimum Gasteiger partial charge on any atom is -0.497 e. The van der Waals surface area contributed by atoms with Crippen LogP contribution < -0.4 is 15.5 Å². The van der Waals surface area contributed by atoms with Crippen molar-refractivity contribution in [2.45, 2.75) is 12.1 Å². The fourth-order valence-corrected chi connectivity index (χ4v) is 3.77. The number of hydrazine groups is 1. The Labute approximate surface area is 195 Å². The monoisotopic (exact) mass is 468 g/mol. The number of rotatable bonds is 5. The molecule has 0 bridgehead atoms. The summed E-state index contributed by atoms with van der Waals surface area (Å²) in [5.41, 5.74) is 4.94. The number of carbonyl (C=O) groups is 2. The maximum Gasteiger partial charge on any atom is 0.304 e. The maximum atomic E-state index is 12.9. The lowest BCUT2D eigenvalue weighted by molar-refractivity contribution is -0.596. The maximum absolute atomic E-state index is 12.9. The number of methoxy groups -OCH3 is 1. The average molecular weight is 469 g/mol. The molecule has 0 radical (unpaired) electrons. The summed E-state index contributed by atoms with van der Waals surface area (Å²) < 4.78 is 6.94. The SMILES string of the molecule is COc1ccc([C@@H]2[C@H](NC(=O)c3ccc(Cl)cc3)C(=O)N/[N+]2=C\c2ccc(Cl)cc2)cc1. The zero-order valence-electron chi connectivity index (χ0n) is 17.1. The first kappa shape index (κ1) is 21.9. The van der Waals surface area contributed by atoms with Crippen LogP contribution in [0.25, 0.3) is 0 Å². The van der Waals surface area contributed by atoms with Crippen LogP contribution in [0.3, 0.4) is 0 Å². The molecule has 0 aliphatic carbocycles. The van der Waals surface area contributed by atoms with Gasteiger partial charge in [0, 0.05) is 26.7 Å². The second-order valence-electron chi connectivity index (χ2n) is 7.24. The summed E-state index contributed by atoms with van der Waals surface area (Å²) >= 11 is 11.9. The largest absolute Gasteiger partial charge is 0.497 e. The van der Waals surface area contributed by atoms with Crippen molar-refractivity contribution >= 4 is 41.2 Å². The van der Waals surface area contributed by atoms with E-state index in [9.17, 15) is 9.59 Å². The lowest BCUT2D eigenvalue weighted by Gasteiger charge is -2.15. The van der Waals surface area contributed by atoms with E-state index < -0.39 is 12.1 Å². The van der Waals surface area contributed by atoms with Gasteiger partial charge in [-0.2, -0.15) is 0 Å². The number of benzene rings is 3. The van der Waals surface area contributed by atoms with Crippen LogP contribution in [0, 0.1) is 0 Å². The van der Waals surface area contributed by atoms with Crippen LogP contribution in [0.15, 0.2) is 72.8 Å². The van der Waals surface area contributed by atoms with Gasteiger partial charge in [-0.1, -0.05) is 23.2 Å². The number of hydrogen-bond acceptors (Lipinski definition) is 3. The molecule has 4 rings (SSSR count). The van der Waals surface area contributed by atoms with Crippen molar-refractivity contribution in [2.24, 2.45) is 0 Å². The molecule has 0 spiro atoms. The van der Waals surface area contributed by atoms with Gasteiger partial charge in [0.15, 0.2) is 6.04 Å². The lowest BCUT2D eigenvalue weighted by Crippen LogP contribution is -2.42. The van der Waals surface area contributed by atoms with Crippen LogP contribution in [0.1, 0.15) is 27.5 Å². The molecule has 6 nitrogen and oxygen atoms in total. The molecular formula is C24H20Cl2N3O3+. The highest BCUT2D eigenvalue weighted by Crippen LogP contribution is 2.27. The summed E-state index contributed by atoms with van der Waals surface area (Å²) in [5.74, 6) is 0.00743. The zero-order chi connectivity index (χ0) is 22.7. The van der Waals surface area contributed by atoms with Crippen LogP contribution in [0.4, 0.5) is 0 Å². The fraction of sp³-hybridized carbons (Fsp3) is 0.125. The van der Waals surface area contributed by atoms with Gasteiger partial charge >= 0.3 is 5.91 Å². The zero-order valence-corrected chi connectivity index (χ0v) is 18.6. The lowest BCUT2D eigenvalue weighted by atomic mass is 9.99. The van der Waals surface area contributed by atoms with Gasteiger partial charge in [-0.3, -0.25) is 9.59 Å². The third-order valence-electron chi connectivity index (χ3n) is 5.15. The van der Waals surface area contributed by atoms with Crippen LogP contribution in [-0.4, -0.2) is 35.9 Å². The molecule has 2 N–H and O–H groups in total. The quantitative estimate of drug-likeness (QED) is 0.555. The Hall–Kier alpha value is -3.35. The van der Waals surface area contributed by atoms with E-state index in [1.165, 1.54) is 0 Å². The molecule has 2 amide bonds. The van der Waals surface area contributed by atoms with Gasteiger partial charge in [0.2, 0.25) is 12.3 Å². The van der Waals surface area contributed by atoms with E-state index in [1.807, 2.05) is 36.4 Å². The molecule has 1 heterocycles. The molecule has 8 heteroatoms. The Morgan fingerprint density at radius 1 is 0.969 bits per heavy atom. The van der Waals surface area contributed by atoms with Crippen LogP contribution in [0.5, 0.6) is 5.75 Å².